The van der Waals surface area contributed by atoms with Gasteiger partial charge in [-0.1, -0.05) is 18.2 Å². The summed E-state index contributed by atoms with van der Waals surface area (Å²) in [5.74, 6) is -1.40. The van der Waals surface area contributed by atoms with Gasteiger partial charge in [0.15, 0.2) is 0 Å². The number of nitrogens with one attached hydrogen (secondary N) is 1. The Labute approximate surface area is 141 Å². The Hall–Kier alpha value is -2.43. The van der Waals surface area contributed by atoms with Gasteiger partial charge in [-0.15, -0.1) is 0 Å². The van der Waals surface area contributed by atoms with Crippen LogP contribution in [-0.4, -0.2) is 28.7 Å². The lowest BCUT2D eigenvalue weighted by Crippen LogP contribution is -2.46. The molecule has 5 heteroatoms. The van der Waals surface area contributed by atoms with E-state index >= 15 is 0 Å². The van der Waals surface area contributed by atoms with Crippen LogP contribution in [0.4, 0.5) is 5.69 Å². The van der Waals surface area contributed by atoms with Gasteiger partial charge in [-0.05, 0) is 56.9 Å². The van der Waals surface area contributed by atoms with Crippen LogP contribution in [0.25, 0.3) is 0 Å². The summed E-state index contributed by atoms with van der Waals surface area (Å²) in [5, 5.41) is 2.82. The van der Waals surface area contributed by atoms with Gasteiger partial charge in [0.05, 0.1) is 11.8 Å². The number of amides is 3. The van der Waals surface area contributed by atoms with E-state index in [4.69, 9.17) is 0 Å². The number of carbonyl (C=O) groups excluding carboxylic acids is 3. The predicted molar refractivity (Wildman–Crippen MR) is 91.2 cm³/mol. The van der Waals surface area contributed by atoms with Crippen LogP contribution in [0.1, 0.15) is 30.9 Å². The lowest BCUT2D eigenvalue weighted by Gasteiger charge is -2.22. The highest BCUT2D eigenvalue weighted by atomic mass is 16.2. The van der Waals surface area contributed by atoms with Crippen LogP contribution < -0.4 is 5.32 Å². The molecule has 24 heavy (non-hydrogen) atoms. The minimum Gasteiger partial charge on any atom is -0.324 e. The molecule has 0 spiro atoms. The first-order valence-corrected chi connectivity index (χ1v) is 8.29. The number of nitrogens with zero attached hydrogens (tertiary/aromatic N) is 1. The van der Waals surface area contributed by atoms with Gasteiger partial charge in [0.2, 0.25) is 17.7 Å². The van der Waals surface area contributed by atoms with Gasteiger partial charge in [-0.3, -0.25) is 19.3 Å². The molecule has 0 unspecified atom stereocenters. The lowest BCUT2D eigenvalue weighted by molar-refractivity contribution is -0.146. The standard InChI is InChI=1S/C19H22N2O3/c1-11-8-12(2)10-14(9-11)20-17(22)13(3)21-18(23)15-6-4-5-7-16(15)19(21)24/h4-5,8-10,13,15-16H,6-7H2,1-3H3,(H,20,22)/t13-,15-,16+/m0/s1. The minimum absolute atomic E-state index is 0.225. The molecule has 3 rings (SSSR count). The lowest BCUT2D eigenvalue weighted by atomic mass is 9.85. The van der Waals surface area contributed by atoms with Crippen LogP contribution in [0.3, 0.4) is 0 Å². The first-order chi connectivity index (χ1) is 11.4. The Morgan fingerprint density at radius 1 is 1.04 bits per heavy atom. The van der Waals surface area contributed by atoms with Crippen molar-refractivity contribution in [2.75, 3.05) is 5.32 Å². The van der Waals surface area contributed by atoms with Gasteiger partial charge < -0.3 is 5.32 Å². The fourth-order valence-electron chi connectivity index (χ4n) is 3.62. The third-order valence-electron chi connectivity index (χ3n) is 4.80. The van der Waals surface area contributed by atoms with Crippen molar-refractivity contribution < 1.29 is 14.4 Å². The molecule has 1 aromatic carbocycles. The Balaban J connectivity index is 1.76. The summed E-state index contributed by atoms with van der Waals surface area (Å²) in [5.41, 5.74) is 2.77. The fraction of sp³-hybridized carbons (Fsp3) is 0.421. The molecule has 0 saturated carbocycles. The van der Waals surface area contributed by atoms with Crippen molar-refractivity contribution in [2.45, 2.75) is 39.7 Å². The minimum atomic E-state index is -0.809. The summed E-state index contributed by atoms with van der Waals surface area (Å²) in [7, 11) is 0. The van der Waals surface area contributed by atoms with E-state index < -0.39 is 6.04 Å². The highest BCUT2D eigenvalue weighted by Gasteiger charge is 2.50. The number of fused-ring (bicyclic) bond motifs is 1. The molecule has 1 N–H and O–H groups in total. The highest BCUT2D eigenvalue weighted by molar-refractivity contribution is 6.10. The summed E-state index contributed by atoms with van der Waals surface area (Å²) >= 11 is 0. The zero-order chi connectivity index (χ0) is 17.4. The quantitative estimate of drug-likeness (QED) is 0.686. The van der Waals surface area contributed by atoms with E-state index in [2.05, 4.69) is 5.32 Å². The van der Waals surface area contributed by atoms with Crippen molar-refractivity contribution >= 4 is 23.4 Å². The predicted octanol–water partition coefficient (Wildman–Crippen LogP) is 2.58. The normalized spacial score (nSPS) is 24.0. The smallest absolute Gasteiger partial charge is 0.247 e. The van der Waals surface area contributed by atoms with Gasteiger partial charge in [-0.2, -0.15) is 0 Å². The average molecular weight is 326 g/mol. The Morgan fingerprint density at radius 2 is 1.54 bits per heavy atom. The number of likely N-dealkylation sites (tertiary alicyclic amines) is 1. The van der Waals surface area contributed by atoms with Crippen LogP contribution in [0.2, 0.25) is 0 Å². The van der Waals surface area contributed by atoms with Gasteiger partial charge in [0.25, 0.3) is 0 Å². The zero-order valence-corrected chi connectivity index (χ0v) is 14.2. The van der Waals surface area contributed by atoms with Crippen LogP contribution in [0, 0.1) is 25.7 Å². The molecule has 0 bridgehead atoms. The van der Waals surface area contributed by atoms with Crippen molar-refractivity contribution in [3.05, 3.63) is 41.5 Å². The first-order valence-electron chi connectivity index (χ1n) is 8.29. The molecule has 3 amide bonds. The SMILES string of the molecule is Cc1cc(C)cc(NC(=O)[C@H](C)N2C(=O)[C@H]3CC=CC[C@H]3C2=O)c1. The van der Waals surface area contributed by atoms with E-state index in [1.54, 1.807) is 6.92 Å². The number of carbonyl (C=O) groups is 3. The summed E-state index contributed by atoms with van der Waals surface area (Å²) < 4.78 is 0. The maximum Gasteiger partial charge on any atom is 0.247 e. The van der Waals surface area contributed by atoms with Crippen molar-refractivity contribution in [1.82, 2.24) is 4.90 Å². The summed E-state index contributed by atoms with van der Waals surface area (Å²) in [6.45, 7) is 5.52. The number of hydrogen-bond acceptors (Lipinski definition) is 3. The highest BCUT2D eigenvalue weighted by Crippen LogP contribution is 2.36. The first kappa shape index (κ1) is 16.4. The second-order valence-electron chi connectivity index (χ2n) is 6.74. The molecular formula is C19H22N2O3. The van der Waals surface area contributed by atoms with E-state index in [0.29, 0.717) is 18.5 Å². The summed E-state index contributed by atoms with van der Waals surface area (Å²) in [6.07, 6.45) is 5.04. The summed E-state index contributed by atoms with van der Waals surface area (Å²) in [6, 6.07) is 4.95. The second-order valence-corrected chi connectivity index (χ2v) is 6.74. The second kappa shape index (κ2) is 6.23. The molecule has 0 radical (unpaired) electrons. The molecule has 0 aromatic heterocycles. The molecule has 126 valence electrons. The topological polar surface area (TPSA) is 66.5 Å². The van der Waals surface area contributed by atoms with E-state index in [1.807, 2.05) is 44.2 Å². The molecule has 1 fully saturated rings. The van der Waals surface area contributed by atoms with Crippen molar-refractivity contribution in [2.24, 2.45) is 11.8 Å². The fourth-order valence-corrected chi connectivity index (χ4v) is 3.62. The van der Waals surface area contributed by atoms with E-state index in [-0.39, 0.29) is 29.6 Å². The monoisotopic (exact) mass is 326 g/mol. The van der Waals surface area contributed by atoms with Gasteiger partial charge in [0, 0.05) is 5.69 Å². The average Bonchev–Trinajstić information content (AvgIpc) is 2.77. The van der Waals surface area contributed by atoms with Crippen LogP contribution in [0.15, 0.2) is 30.4 Å². The maximum absolute atomic E-state index is 12.5. The number of imide groups is 1. The Bertz CT molecular complexity index is 692. The molecular weight excluding hydrogens is 304 g/mol. The number of allylic oxidation sites excluding steroid dienone is 2. The third kappa shape index (κ3) is 2.86. The maximum atomic E-state index is 12.5. The van der Waals surface area contributed by atoms with Crippen LogP contribution in [-0.2, 0) is 14.4 Å². The molecule has 1 aliphatic carbocycles. The number of anilines is 1. The van der Waals surface area contributed by atoms with Crippen molar-refractivity contribution in [3.8, 4) is 0 Å². The molecule has 3 atom stereocenters. The van der Waals surface area contributed by atoms with Gasteiger partial charge >= 0.3 is 0 Å². The van der Waals surface area contributed by atoms with Gasteiger partial charge in [0.1, 0.15) is 6.04 Å². The molecule has 2 aliphatic rings. The van der Waals surface area contributed by atoms with Gasteiger partial charge in [-0.25, -0.2) is 0 Å². The molecule has 5 nitrogen and oxygen atoms in total. The van der Waals surface area contributed by atoms with E-state index in [1.165, 1.54) is 0 Å². The van der Waals surface area contributed by atoms with Crippen LogP contribution in [0.5, 0.6) is 0 Å². The molecule has 1 heterocycles. The molecule has 1 saturated heterocycles. The molecule has 1 aromatic rings. The third-order valence-corrected chi connectivity index (χ3v) is 4.80. The van der Waals surface area contributed by atoms with Crippen LogP contribution >= 0.6 is 0 Å². The Kier molecular flexibility index (Phi) is 4.26. The largest absolute Gasteiger partial charge is 0.324 e. The van der Waals surface area contributed by atoms with Crippen molar-refractivity contribution in [3.63, 3.8) is 0 Å². The van der Waals surface area contributed by atoms with Crippen molar-refractivity contribution in [1.29, 1.82) is 0 Å². The van der Waals surface area contributed by atoms with E-state index in [9.17, 15) is 14.4 Å². The number of aryl methyl sites for hydroxylation is 2. The van der Waals surface area contributed by atoms with E-state index in [0.717, 1.165) is 16.0 Å². The number of hydrogen-bond donors (Lipinski definition) is 1. The summed E-state index contributed by atoms with van der Waals surface area (Å²) in [4.78, 5) is 38.8. The molecule has 1 aliphatic heterocycles. The Morgan fingerprint density at radius 3 is 2.04 bits per heavy atom. The number of benzene rings is 1. The number of rotatable bonds is 3. The zero-order valence-electron chi connectivity index (χ0n) is 14.2.